The number of hydrogen-bond acceptors (Lipinski definition) is 1. The molecule has 1 aromatic rings. The van der Waals surface area contributed by atoms with Crippen LogP contribution >= 0.6 is 31.9 Å². The topological polar surface area (TPSA) is 9.23 Å². The van der Waals surface area contributed by atoms with Crippen LogP contribution in [0.5, 0.6) is 5.75 Å². The van der Waals surface area contributed by atoms with Crippen LogP contribution in [0.4, 0.5) is 4.39 Å². The molecule has 0 aliphatic rings. The van der Waals surface area contributed by atoms with Crippen LogP contribution in [0, 0.1) is 5.82 Å². The monoisotopic (exact) mass is 296 g/mol. The van der Waals surface area contributed by atoms with Crippen LogP contribution in [-0.2, 0) is 5.33 Å². The van der Waals surface area contributed by atoms with E-state index in [1.165, 1.54) is 7.11 Å². The summed E-state index contributed by atoms with van der Waals surface area (Å²) in [6.45, 7) is 0. The first-order valence-electron chi connectivity index (χ1n) is 3.27. The predicted octanol–water partition coefficient (Wildman–Crippen LogP) is 3.49. The van der Waals surface area contributed by atoms with Gasteiger partial charge in [-0.15, -0.1) is 0 Å². The molecular weight excluding hydrogens is 291 g/mol. The van der Waals surface area contributed by atoms with Crippen molar-refractivity contribution in [3.05, 3.63) is 28.0 Å². The maximum Gasteiger partial charge on any atom is 0.145 e. The first-order valence-corrected chi connectivity index (χ1v) is 5.19. The average molecular weight is 298 g/mol. The van der Waals surface area contributed by atoms with Gasteiger partial charge in [-0.3, -0.25) is 0 Å². The fourth-order valence-corrected chi connectivity index (χ4v) is 1.81. The Bertz CT molecular complexity index is 260. The van der Waals surface area contributed by atoms with Gasteiger partial charge >= 0.3 is 0 Å². The molecule has 0 heterocycles. The Morgan fingerprint density at radius 2 is 2.17 bits per heavy atom. The molecule has 0 spiro atoms. The number of alkyl halides is 1. The molecular formula is C8H7Br2FO. The van der Waals surface area contributed by atoms with E-state index in [4.69, 9.17) is 4.74 Å². The highest BCUT2D eigenvalue weighted by Crippen LogP contribution is 2.30. The molecule has 1 aromatic carbocycles. The lowest BCUT2D eigenvalue weighted by Gasteiger charge is -2.06. The van der Waals surface area contributed by atoms with Crippen molar-refractivity contribution in [1.82, 2.24) is 0 Å². The van der Waals surface area contributed by atoms with Crippen molar-refractivity contribution in [3.8, 4) is 5.75 Å². The Hall–Kier alpha value is -0.0900. The van der Waals surface area contributed by atoms with Gasteiger partial charge in [0.1, 0.15) is 11.6 Å². The Balaban J connectivity index is 3.20. The molecule has 1 nitrogen and oxygen atoms in total. The molecule has 66 valence electrons. The quantitative estimate of drug-likeness (QED) is 0.759. The van der Waals surface area contributed by atoms with Crippen LogP contribution in [0.1, 0.15) is 5.56 Å². The molecule has 0 aliphatic carbocycles. The minimum absolute atomic E-state index is 0.272. The van der Waals surface area contributed by atoms with Gasteiger partial charge < -0.3 is 4.74 Å². The molecule has 12 heavy (non-hydrogen) atoms. The zero-order valence-electron chi connectivity index (χ0n) is 6.40. The average Bonchev–Trinajstić information content (AvgIpc) is 2.10. The van der Waals surface area contributed by atoms with Crippen molar-refractivity contribution in [3.63, 3.8) is 0 Å². The smallest absolute Gasteiger partial charge is 0.145 e. The molecule has 0 N–H and O–H groups in total. The SMILES string of the molecule is COc1ccc(CBr)c(F)c1Br. The van der Waals surface area contributed by atoms with Gasteiger partial charge in [-0.05, 0) is 27.6 Å². The van der Waals surface area contributed by atoms with E-state index in [-0.39, 0.29) is 5.82 Å². The molecule has 0 atom stereocenters. The zero-order valence-corrected chi connectivity index (χ0v) is 9.58. The van der Waals surface area contributed by atoms with E-state index in [1.807, 2.05) is 0 Å². The highest BCUT2D eigenvalue weighted by Gasteiger charge is 2.09. The van der Waals surface area contributed by atoms with Crippen LogP contribution in [0.25, 0.3) is 0 Å². The third-order valence-electron chi connectivity index (χ3n) is 1.49. The molecule has 0 bridgehead atoms. The molecule has 0 unspecified atom stereocenters. The first-order chi connectivity index (χ1) is 5.70. The number of methoxy groups -OCH3 is 1. The van der Waals surface area contributed by atoms with Gasteiger partial charge in [0, 0.05) is 5.33 Å². The summed E-state index contributed by atoms with van der Waals surface area (Å²) < 4.78 is 18.6. The molecule has 0 saturated carbocycles. The van der Waals surface area contributed by atoms with Crippen LogP contribution in [-0.4, -0.2) is 7.11 Å². The van der Waals surface area contributed by atoms with Gasteiger partial charge in [0.2, 0.25) is 0 Å². The number of halogens is 3. The van der Waals surface area contributed by atoms with E-state index in [0.717, 1.165) is 0 Å². The van der Waals surface area contributed by atoms with Gasteiger partial charge in [0.25, 0.3) is 0 Å². The molecule has 0 radical (unpaired) electrons. The maximum atomic E-state index is 13.3. The number of rotatable bonds is 2. The van der Waals surface area contributed by atoms with Crippen molar-refractivity contribution in [1.29, 1.82) is 0 Å². The van der Waals surface area contributed by atoms with Crippen LogP contribution < -0.4 is 4.74 Å². The summed E-state index contributed by atoms with van der Waals surface area (Å²) in [6, 6.07) is 3.41. The van der Waals surface area contributed by atoms with Gasteiger partial charge in [-0.1, -0.05) is 22.0 Å². The molecule has 0 saturated heterocycles. The molecule has 0 aromatic heterocycles. The molecule has 1 rings (SSSR count). The lowest BCUT2D eigenvalue weighted by Crippen LogP contribution is -1.91. The second kappa shape index (κ2) is 4.23. The summed E-state index contributed by atoms with van der Waals surface area (Å²) in [4.78, 5) is 0. The molecule has 0 aliphatic heterocycles. The van der Waals surface area contributed by atoms with E-state index in [9.17, 15) is 4.39 Å². The summed E-state index contributed by atoms with van der Waals surface area (Å²) in [6.07, 6.45) is 0. The largest absolute Gasteiger partial charge is 0.495 e. The van der Waals surface area contributed by atoms with E-state index < -0.39 is 0 Å². The number of hydrogen-bond donors (Lipinski definition) is 0. The zero-order chi connectivity index (χ0) is 9.14. The predicted molar refractivity (Wildman–Crippen MR) is 53.3 cm³/mol. The number of benzene rings is 1. The third-order valence-corrected chi connectivity index (χ3v) is 2.83. The summed E-state index contributed by atoms with van der Waals surface area (Å²) in [5.74, 6) is 0.239. The molecule has 0 amide bonds. The highest BCUT2D eigenvalue weighted by atomic mass is 79.9. The van der Waals surface area contributed by atoms with Crippen molar-refractivity contribution in [2.75, 3.05) is 7.11 Å². The first kappa shape index (κ1) is 9.99. The lowest BCUT2D eigenvalue weighted by molar-refractivity contribution is 0.407. The maximum absolute atomic E-state index is 13.3. The minimum atomic E-state index is -0.272. The third kappa shape index (κ3) is 1.80. The summed E-state index contributed by atoms with van der Waals surface area (Å²) in [5.41, 5.74) is 0.614. The van der Waals surface area contributed by atoms with Gasteiger partial charge in [-0.25, -0.2) is 4.39 Å². The Labute approximate surface area is 87.2 Å². The fraction of sp³-hybridized carbons (Fsp3) is 0.250. The van der Waals surface area contributed by atoms with Crippen LogP contribution in [0.3, 0.4) is 0 Å². The molecule has 4 heteroatoms. The molecule has 0 fully saturated rings. The van der Waals surface area contributed by atoms with Gasteiger partial charge in [0.05, 0.1) is 11.6 Å². The van der Waals surface area contributed by atoms with Crippen LogP contribution in [0.15, 0.2) is 16.6 Å². The number of ether oxygens (including phenoxy) is 1. The summed E-state index contributed by atoms with van der Waals surface area (Å²) in [5, 5.41) is 0.501. The van der Waals surface area contributed by atoms with Crippen molar-refractivity contribution >= 4 is 31.9 Å². The fourth-order valence-electron chi connectivity index (χ4n) is 0.833. The van der Waals surface area contributed by atoms with Gasteiger partial charge in [0.15, 0.2) is 0 Å². The Morgan fingerprint density at radius 3 is 2.67 bits per heavy atom. The van der Waals surface area contributed by atoms with E-state index in [2.05, 4.69) is 31.9 Å². The van der Waals surface area contributed by atoms with Crippen molar-refractivity contribution < 1.29 is 9.13 Å². The van der Waals surface area contributed by atoms with Crippen molar-refractivity contribution in [2.45, 2.75) is 5.33 Å². The second-order valence-electron chi connectivity index (χ2n) is 2.19. The normalized spacial score (nSPS) is 10.0. The van der Waals surface area contributed by atoms with E-state index in [1.54, 1.807) is 12.1 Å². The lowest BCUT2D eigenvalue weighted by atomic mass is 10.2. The van der Waals surface area contributed by atoms with Crippen molar-refractivity contribution in [2.24, 2.45) is 0 Å². The second-order valence-corrected chi connectivity index (χ2v) is 3.54. The standard InChI is InChI=1S/C8H7Br2FO/c1-12-6-3-2-5(4-9)8(11)7(6)10/h2-3H,4H2,1H3. The highest BCUT2D eigenvalue weighted by molar-refractivity contribution is 9.10. The summed E-state index contributed by atoms with van der Waals surface area (Å²) >= 11 is 6.30. The van der Waals surface area contributed by atoms with E-state index >= 15 is 0 Å². The van der Waals surface area contributed by atoms with Gasteiger partial charge in [-0.2, -0.15) is 0 Å². The summed E-state index contributed by atoms with van der Waals surface area (Å²) in [7, 11) is 1.51. The van der Waals surface area contributed by atoms with E-state index in [0.29, 0.717) is 21.1 Å². The minimum Gasteiger partial charge on any atom is -0.495 e. The Kier molecular flexibility index (Phi) is 3.53. The van der Waals surface area contributed by atoms with Crippen LogP contribution in [0.2, 0.25) is 0 Å². The Morgan fingerprint density at radius 1 is 1.50 bits per heavy atom.